The SMILES string of the molecule is CONCc1c(C)ccc(OC)c1Br. The van der Waals surface area contributed by atoms with Crippen molar-refractivity contribution >= 4 is 15.9 Å². The summed E-state index contributed by atoms with van der Waals surface area (Å²) in [5.41, 5.74) is 5.15. The molecule has 78 valence electrons. The summed E-state index contributed by atoms with van der Waals surface area (Å²) in [7, 11) is 3.26. The molecule has 1 rings (SSSR count). The van der Waals surface area contributed by atoms with Crippen LogP contribution >= 0.6 is 15.9 Å². The van der Waals surface area contributed by atoms with Crippen LogP contribution in [0.1, 0.15) is 11.1 Å². The molecular weight excluding hydrogens is 246 g/mol. The number of hydrogen-bond acceptors (Lipinski definition) is 3. The monoisotopic (exact) mass is 259 g/mol. The van der Waals surface area contributed by atoms with Crippen LogP contribution in [0, 0.1) is 6.92 Å². The zero-order chi connectivity index (χ0) is 10.6. The summed E-state index contributed by atoms with van der Waals surface area (Å²) in [5, 5.41) is 0. The summed E-state index contributed by atoms with van der Waals surface area (Å²) >= 11 is 3.50. The van der Waals surface area contributed by atoms with Crippen molar-refractivity contribution in [3.05, 3.63) is 27.7 Å². The molecule has 0 atom stereocenters. The first-order valence-electron chi connectivity index (χ1n) is 4.28. The van der Waals surface area contributed by atoms with Gasteiger partial charge < -0.3 is 9.57 Å². The number of rotatable bonds is 4. The van der Waals surface area contributed by atoms with E-state index in [9.17, 15) is 0 Å². The molecule has 0 fully saturated rings. The van der Waals surface area contributed by atoms with E-state index < -0.39 is 0 Å². The number of halogens is 1. The summed E-state index contributed by atoms with van der Waals surface area (Å²) in [5.74, 6) is 0.837. The molecule has 0 heterocycles. The topological polar surface area (TPSA) is 30.5 Å². The molecule has 0 aromatic heterocycles. The van der Waals surface area contributed by atoms with Crippen LogP contribution in [0.5, 0.6) is 5.75 Å². The van der Waals surface area contributed by atoms with Crippen molar-refractivity contribution in [2.24, 2.45) is 0 Å². The van der Waals surface area contributed by atoms with Crippen LogP contribution in [0.15, 0.2) is 16.6 Å². The van der Waals surface area contributed by atoms with Gasteiger partial charge in [0.2, 0.25) is 0 Å². The number of nitrogens with one attached hydrogen (secondary N) is 1. The Labute approximate surface area is 92.5 Å². The predicted molar refractivity (Wildman–Crippen MR) is 59.3 cm³/mol. The quantitative estimate of drug-likeness (QED) is 0.843. The van der Waals surface area contributed by atoms with Crippen molar-refractivity contribution in [1.29, 1.82) is 0 Å². The normalized spacial score (nSPS) is 10.3. The van der Waals surface area contributed by atoms with Gasteiger partial charge in [-0.3, -0.25) is 0 Å². The number of ether oxygens (including phenoxy) is 1. The van der Waals surface area contributed by atoms with Gasteiger partial charge in [-0.2, -0.15) is 5.48 Å². The van der Waals surface area contributed by atoms with Gasteiger partial charge in [0.1, 0.15) is 5.75 Å². The maximum absolute atomic E-state index is 5.21. The van der Waals surface area contributed by atoms with Crippen LogP contribution in [0.3, 0.4) is 0 Å². The summed E-state index contributed by atoms with van der Waals surface area (Å²) < 4.78 is 6.18. The fourth-order valence-electron chi connectivity index (χ4n) is 1.22. The Bertz CT molecular complexity index is 315. The number of benzene rings is 1. The molecule has 0 aliphatic heterocycles. The van der Waals surface area contributed by atoms with E-state index in [1.807, 2.05) is 12.1 Å². The van der Waals surface area contributed by atoms with E-state index in [-0.39, 0.29) is 0 Å². The Kier molecular flexibility index (Phi) is 4.38. The highest BCUT2D eigenvalue weighted by molar-refractivity contribution is 9.10. The van der Waals surface area contributed by atoms with Crippen molar-refractivity contribution in [2.45, 2.75) is 13.5 Å². The third-order valence-electron chi connectivity index (χ3n) is 2.06. The maximum atomic E-state index is 5.21. The molecular formula is C10H14BrNO2. The highest BCUT2D eigenvalue weighted by atomic mass is 79.9. The fourth-order valence-corrected chi connectivity index (χ4v) is 1.96. The Morgan fingerprint density at radius 1 is 1.36 bits per heavy atom. The smallest absolute Gasteiger partial charge is 0.133 e. The zero-order valence-electron chi connectivity index (χ0n) is 8.56. The highest BCUT2D eigenvalue weighted by Crippen LogP contribution is 2.30. The van der Waals surface area contributed by atoms with E-state index in [2.05, 4.69) is 28.3 Å². The minimum atomic E-state index is 0.653. The van der Waals surface area contributed by atoms with Gasteiger partial charge in [-0.1, -0.05) is 6.07 Å². The highest BCUT2D eigenvalue weighted by Gasteiger charge is 2.08. The van der Waals surface area contributed by atoms with Crippen molar-refractivity contribution in [1.82, 2.24) is 5.48 Å². The Morgan fingerprint density at radius 2 is 2.07 bits per heavy atom. The molecule has 14 heavy (non-hydrogen) atoms. The van der Waals surface area contributed by atoms with Crippen LogP contribution in [-0.2, 0) is 11.4 Å². The Balaban J connectivity index is 2.99. The molecule has 0 aliphatic rings. The second-order valence-electron chi connectivity index (χ2n) is 2.90. The van der Waals surface area contributed by atoms with E-state index >= 15 is 0 Å². The molecule has 0 saturated carbocycles. The van der Waals surface area contributed by atoms with Crippen molar-refractivity contribution in [3.63, 3.8) is 0 Å². The van der Waals surface area contributed by atoms with Gasteiger partial charge in [-0.25, -0.2) is 0 Å². The molecule has 1 N–H and O–H groups in total. The van der Waals surface area contributed by atoms with Gasteiger partial charge in [0, 0.05) is 6.54 Å². The third kappa shape index (κ3) is 2.47. The van der Waals surface area contributed by atoms with Gasteiger partial charge in [0.05, 0.1) is 18.7 Å². The van der Waals surface area contributed by atoms with Crippen molar-refractivity contribution in [2.75, 3.05) is 14.2 Å². The second-order valence-corrected chi connectivity index (χ2v) is 3.70. The molecule has 0 spiro atoms. The van der Waals surface area contributed by atoms with Crippen molar-refractivity contribution in [3.8, 4) is 5.75 Å². The Morgan fingerprint density at radius 3 is 2.64 bits per heavy atom. The van der Waals surface area contributed by atoms with Crippen LogP contribution in [-0.4, -0.2) is 14.2 Å². The molecule has 0 radical (unpaired) electrons. The minimum Gasteiger partial charge on any atom is -0.496 e. The molecule has 1 aromatic carbocycles. The predicted octanol–water partition coefficient (Wildman–Crippen LogP) is 2.42. The van der Waals surface area contributed by atoms with E-state index in [1.54, 1.807) is 14.2 Å². The number of methoxy groups -OCH3 is 1. The van der Waals surface area contributed by atoms with Crippen LogP contribution in [0.2, 0.25) is 0 Å². The third-order valence-corrected chi connectivity index (χ3v) is 2.92. The van der Waals surface area contributed by atoms with Crippen molar-refractivity contribution < 1.29 is 9.57 Å². The van der Waals surface area contributed by atoms with Crippen LogP contribution < -0.4 is 10.2 Å². The lowest BCUT2D eigenvalue weighted by Gasteiger charge is -2.12. The molecule has 0 saturated heterocycles. The summed E-state index contributed by atoms with van der Waals surface area (Å²) in [6, 6.07) is 3.96. The van der Waals surface area contributed by atoms with Gasteiger partial charge in [-0.15, -0.1) is 0 Å². The second kappa shape index (κ2) is 5.34. The first kappa shape index (κ1) is 11.5. The average Bonchev–Trinajstić information content (AvgIpc) is 2.18. The van der Waals surface area contributed by atoms with Gasteiger partial charge in [-0.05, 0) is 40.0 Å². The molecule has 3 nitrogen and oxygen atoms in total. The molecule has 0 unspecified atom stereocenters. The fraction of sp³-hybridized carbons (Fsp3) is 0.400. The molecule has 4 heteroatoms. The first-order valence-corrected chi connectivity index (χ1v) is 5.07. The molecule has 0 bridgehead atoms. The first-order chi connectivity index (χ1) is 6.70. The maximum Gasteiger partial charge on any atom is 0.133 e. The lowest BCUT2D eigenvalue weighted by atomic mass is 10.1. The minimum absolute atomic E-state index is 0.653. The van der Waals surface area contributed by atoms with Crippen LogP contribution in [0.4, 0.5) is 0 Å². The van der Waals surface area contributed by atoms with Crippen LogP contribution in [0.25, 0.3) is 0 Å². The molecule has 0 amide bonds. The van der Waals surface area contributed by atoms with Gasteiger partial charge >= 0.3 is 0 Å². The van der Waals surface area contributed by atoms with Gasteiger partial charge in [0.25, 0.3) is 0 Å². The number of aryl methyl sites for hydroxylation is 1. The molecule has 0 aliphatic carbocycles. The number of hydroxylamine groups is 1. The van der Waals surface area contributed by atoms with E-state index in [0.717, 1.165) is 15.8 Å². The van der Waals surface area contributed by atoms with Gasteiger partial charge in [0.15, 0.2) is 0 Å². The largest absolute Gasteiger partial charge is 0.496 e. The lowest BCUT2D eigenvalue weighted by molar-refractivity contribution is 0.0864. The standard InChI is InChI=1S/C10H14BrNO2/c1-7-4-5-9(13-2)10(11)8(7)6-12-14-3/h4-5,12H,6H2,1-3H3. The zero-order valence-corrected chi connectivity index (χ0v) is 10.1. The summed E-state index contributed by atoms with van der Waals surface area (Å²) in [6.07, 6.45) is 0. The van der Waals surface area contributed by atoms with E-state index in [1.165, 1.54) is 5.56 Å². The summed E-state index contributed by atoms with van der Waals surface area (Å²) in [4.78, 5) is 4.82. The average molecular weight is 260 g/mol. The molecule has 1 aromatic rings. The van der Waals surface area contributed by atoms with E-state index in [0.29, 0.717) is 6.54 Å². The Hall–Kier alpha value is -0.580. The number of hydrogen-bond donors (Lipinski definition) is 1. The summed E-state index contributed by atoms with van der Waals surface area (Å²) in [6.45, 7) is 2.71. The van der Waals surface area contributed by atoms with E-state index in [4.69, 9.17) is 9.57 Å². The lowest BCUT2D eigenvalue weighted by Crippen LogP contribution is -2.12.